The highest BCUT2D eigenvalue weighted by molar-refractivity contribution is 6.04. The first-order valence-corrected chi connectivity index (χ1v) is 11.1. The molecule has 32 heavy (non-hydrogen) atoms. The van der Waals surface area contributed by atoms with E-state index >= 15 is 0 Å². The Morgan fingerprint density at radius 1 is 0.969 bits per heavy atom. The number of hydrogen-bond donors (Lipinski definition) is 1. The zero-order valence-electron chi connectivity index (χ0n) is 18.8. The fourth-order valence-electron chi connectivity index (χ4n) is 4.32. The number of hydrogen-bond acceptors (Lipinski definition) is 4. The van der Waals surface area contributed by atoms with Gasteiger partial charge in [-0.25, -0.2) is 0 Å². The standard InChI is InChI=1S/C27H30N2O3/c1-31-23-14-12-21(13-15-23)27(30)28-25-10-5-8-22-19-29(18-16-24(22)25)17-6-9-20-7-3-4-11-26(20)32-2/h3-5,7-8,10-15H,6,9,16-19H2,1-2H3,(H,28,30). The number of nitrogens with zero attached hydrogens (tertiary/aromatic N) is 1. The van der Waals surface area contributed by atoms with Crippen molar-refractivity contribution in [1.29, 1.82) is 0 Å². The molecule has 1 N–H and O–H groups in total. The van der Waals surface area contributed by atoms with Gasteiger partial charge in [0, 0.05) is 24.3 Å². The number of benzene rings is 3. The van der Waals surface area contributed by atoms with E-state index in [0.29, 0.717) is 5.56 Å². The molecular weight excluding hydrogens is 400 g/mol. The van der Waals surface area contributed by atoms with Crippen molar-refractivity contribution >= 4 is 11.6 Å². The molecule has 0 atom stereocenters. The van der Waals surface area contributed by atoms with Gasteiger partial charge in [-0.3, -0.25) is 9.69 Å². The van der Waals surface area contributed by atoms with Crippen molar-refractivity contribution < 1.29 is 14.3 Å². The zero-order valence-corrected chi connectivity index (χ0v) is 18.8. The van der Waals surface area contributed by atoms with E-state index in [4.69, 9.17) is 9.47 Å². The van der Waals surface area contributed by atoms with Crippen LogP contribution in [0.3, 0.4) is 0 Å². The predicted molar refractivity (Wildman–Crippen MR) is 128 cm³/mol. The molecule has 0 aromatic heterocycles. The summed E-state index contributed by atoms with van der Waals surface area (Å²) in [6, 6.07) is 21.6. The predicted octanol–water partition coefficient (Wildman–Crippen LogP) is 4.95. The molecule has 4 rings (SSSR count). The van der Waals surface area contributed by atoms with E-state index in [9.17, 15) is 4.79 Å². The number of nitrogens with one attached hydrogen (secondary N) is 1. The van der Waals surface area contributed by atoms with Gasteiger partial charge in [0.15, 0.2) is 0 Å². The number of ether oxygens (including phenoxy) is 2. The van der Waals surface area contributed by atoms with Crippen molar-refractivity contribution in [2.24, 2.45) is 0 Å². The minimum absolute atomic E-state index is 0.0970. The highest BCUT2D eigenvalue weighted by Gasteiger charge is 2.20. The number of amides is 1. The second-order valence-electron chi connectivity index (χ2n) is 8.07. The van der Waals surface area contributed by atoms with Crippen LogP contribution in [-0.2, 0) is 19.4 Å². The van der Waals surface area contributed by atoms with Crippen molar-refractivity contribution in [1.82, 2.24) is 4.90 Å². The van der Waals surface area contributed by atoms with Gasteiger partial charge >= 0.3 is 0 Å². The number of carbonyl (C=O) groups excluding carboxylic acids is 1. The van der Waals surface area contributed by atoms with Crippen LogP contribution in [0.4, 0.5) is 5.69 Å². The Bertz CT molecular complexity index is 1060. The Morgan fingerprint density at radius 3 is 2.56 bits per heavy atom. The Balaban J connectivity index is 1.36. The topological polar surface area (TPSA) is 50.8 Å². The lowest BCUT2D eigenvalue weighted by molar-refractivity contribution is 0.102. The van der Waals surface area contributed by atoms with Gasteiger partial charge in [0.25, 0.3) is 5.91 Å². The SMILES string of the molecule is COc1ccc(C(=O)Nc2cccc3c2CCN(CCCc2ccccc2OC)C3)cc1. The molecule has 5 nitrogen and oxygen atoms in total. The third kappa shape index (κ3) is 5.11. The van der Waals surface area contributed by atoms with Gasteiger partial charge in [0.2, 0.25) is 0 Å². The average molecular weight is 431 g/mol. The van der Waals surface area contributed by atoms with Gasteiger partial charge in [-0.2, -0.15) is 0 Å². The van der Waals surface area contributed by atoms with Crippen LogP contribution < -0.4 is 14.8 Å². The molecule has 3 aromatic carbocycles. The number of anilines is 1. The lowest BCUT2D eigenvalue weighted by atomic mass is 9.97. The molecule has 166 valence electrons. The van der Waals surface area contributed by atoms with Crippen LogP contribution in [-0.4, -0.2) is 38.1 Å². The summed E-state index contributed by atoms with van der Waals surface area (Å²) < 4.78 is 10.6. The molecule has 1 aliphatic heterocycles. The van der Waals surface area contributed by atoms with E-state index in [1.807, 2.05) is 24.3 Å². The molecule has 1 heterocycles. The molecule has 0 aliphatic carbocycles. The summed E-state index contributed by atoms with van der Waals surface area (Å²) in [6.45, 7) is 2.95. The van der Waals surface area contributed by atoms with E-state index in [1.165, 1.54) is 16.7 Å². The smallest absolute Gasteiger partial charge is 0.255 e. The van der Waals surface area contributed by atoms with Crippen LogP contribution in [0.1, 0.15) is 33.5 Å². The molecule has 0 radical (unpaired) electrons. The fraction of sp³-hybridized carbons (Fsp3) is 0.296. The molecule has 1 amide bonds. The number of para-hydroxylation sites is 1. The maximum Gasteiger partial charge on any atom is 0.255 e. The molecule has 5 heteroatoms. The first-order chi connectivity index (χ1) is 15.7. The number of rotatable bonds is 8. The van der Waals surface area contributed by atoms with Crippen LogP contribution >= 0.6 is 0 Å². The normalized spacial score (nSPS) is 13.3. The van der Waals surface area contributed by atoms with Crippen LogP contribution in [0, 0.1) is 0 Å². The molecule has 0 saturated heterocycles. The van der Waals surface area contributed by atoms with Crippen molar-refractivity contribution in [3.8, 4) is 11.5 Å². The van der Waals surface area contributed by atoms with Gasteiger partial charge in [-0.1, -0.05) is 30.3 Å². The highest BCUT2D eigenvalue weighted by atomic mass is 16.5. The minimum Gasteiger partial charge on any atom is -0.497 e. The quantitative estimate of drug-likeness (QED) is 0.550. The maximum atomic E-state index is 12.7. The Labute approximate surface area is 190 Å². The van der Waals surface area contributed by atoms with Gasteiger partial charge in [0.05, 0.1) is 14.2 Å². The van der Waals surface area contributed by atoms with E-state index < -0.39 is 0 Å². The van der Waals surface area contributed by atoms with Gasteiger partial charge in [-0.15, -0.1) is 0 Å². The summed E-state index contributed by atoms with van der Waals surface area (Å²) in [6.07, 6.45) is 3.03. The molecule has 0 saturated carbocycles. The lowest BCUT2D eigenvalue weighted by Gasteiger charge is -2.30. The maximum absolute atomic E-state index is 12.7. The van der Waals surface area contributed by atoms with E-state index in [-0.39, 0.29) is 5.91 Å². The Kier molecular flexibility index (Phi) is 7.07. The van der Waals surface area contributed by atoms with Crippen molar-refractivity contribution in [2.75, 3.05) is 32.6 Å². The molecule has 0 bridgehead atoms. The van der Waals surface area contributed by atoms with Crippen molar-refractivity contribution in [2.45, 2.75) is 25.8 Å². The van der Waals surface area contributed by atoms with Crippen LogP contribution in [0.25, 0.3) is 0 Å². The first-order valence-electron chi connectivity index (χ1n) is 11.1. The van der Waals surface area contributed by atoms with Crippen molar-refractivity contribution in [3.05, 3.63) is 89.0 Å². The van der Waals surface area contributed by atoms with Crippen LogP contribution in [0.2, 0.25) is 0 Å². The second-order valence-corrected chi connectivity index (χ2v) is 8.07. The second kappa shape index (κ2) is 10.3. The van der Waals surface area contributed by atoms with E-state index in [2.05, 4.69) is 28.4 Å². The number of methoxy groups -OCH3 is 2. The highest BCUT2D eigenvalue weighted by Crippen LogP contribution is 2.27. The summed E-state index contributed by atoms with van der Waals surface area (Å²) in [5.41, 5.74) is 5.33. The zero-order chi connectivity index (χ0) is 22.3. The number of fused-ring (bicyclic) bond motifs is 1. The number of aryl methyl sites for hydroxylation is 1. The summed E-state index contributed by atoms with van der Waals surface area (Å²) in [5, 5.41) is 3.10. The molecule has 1 aliphatic rings. The van der Waals surface area contributed by atoms with Gasteiger partial charge < -0.3 is 14.8 Å². The monoisotopic (exact) mass is 430 g/mol. The molecule has 3 aromatic rings. The summed E-state index contributed by atoms with van der Waals surface area (Å²) >= 11 is 0. The largest absolute Gasteiger partial charge is 0.497 e. The number of carbonyl (C=O) groups is 1. The fourth-order valence-corrected chi connectivity index (χ4v) is 4.32. The van der Waals surface area contributed by atoms with E-state index in [0.717, 1.165) is 56.1 Å². The first kappa shape index (κ1) is 21.9. The minimum atomic E-state index is -0.0970. The summed E-state index contributed by atoms with van der Waals surface area (Å²) in [4.78, 5) is 15.2. The molecular formula is C27H30N2O3. The Hall–Kier alpha value is -3.31. The lowest BCUT2D eigenvalue weighted by Crippen LogP contribution is -2.32. The molecule has 0 fully saturated rings. The molecule has 0 unspecified atom stereocenters. The summed E-state index contributed by atoms with van der Waals surface area (Å²) in [5.74, 6) is 1.61. The average Bonchev–Trinajstić information content (AvgIpc) is 2.84. The van der Waals surface area contributed by atoms with Crippen molar-refractivity contribution in [3.63, 3.8) is 0 Å². The van der Waals surface area contributed by atoms with Crippen LogP contribution in [0.15, 0.2) is 66.7 Å². The third-order valence-corrected chi connectivity index (χ3v) is 6.06. The summed E-state index contributed by atoms with van der Waals surface area (Å²) in [7, 11) is 3.35. The van der Waals surface area contributed by atoms with Gasteiger partial charge in [-0.05, 0) is 78.9 Å². The Morgan fingerprint density at radius 2 is 1.78 bits per heavy atom. The van der Waals surface area contributed by atoms with Gasteiger partial charge in [0.1, 0.15) is 11.5 Å². The van der Waals surface area contributed by atoms with E-state index in [1.54, 1.807) is 38.5 Å². The van der Waals surface area contributed by atoms with Crippen LogP contribution in [0.5, 0.6) is 11.5 Å². The molecule has 0 spiro atoms. The third-order valence-electron chi connectivity index (χ3n) is 6.06.